The minimum atomic E-state index is -0.124. The predicted octanol–water partition coefficient (Wildman–Crippen LogP) is 1.36. The fraction of sp³-hybridized carbons (Fsp3) is 0.500. The first-order chi connectivity index (χ1) is 9.99. The maximum absolute atomic E-state index is 11.8. The first kappa shape index (κ1) is 17.2. The van der Waals surface area contributed by atoms with Crippen LogP contribution >= 0.6 is 0 Å². The van der Waals surface area contributed by atoms with Gasteiger partial charge in [-0.15, -0.1) is 0 Å². The van der Waals surface area contributed by atoms with Gasteiger partial charge in [0.25, 0.3) is 5.91 Å². The number of hydrogen-bond donors (Lipinski definition) is 3. The number of hydrogen-bond acceptors (Lipinski definition) is 3. The molecular formula is C16H25N3O2. The summed E-state index contributed by atoms with van der Waals surface area (Å²) in [5.74, 6) is -0.124. The summed E-state index contributed by atoms with van der Waals surface area (Å²) in [4.78, 5) is 23.3. The Bertz CT molecular complexity index is 455. The lowest BCUT2D eigenvalue weighted by molar-refractivity contribution is -0.121. The lowest BCUT2D eigenvalue weighted by Crippen LogP contribution is -2.34. The van der Waals surface area contributed by atoms with Crippen molar-refractivity contribution >= 4 is 11.8 Å². The van der Waals surface area contributed by atoms with Gasteiger partial charge in [0, 0.05) is 31.1 Å². The predicted molar refractivity (Wildman–Crippen MR) is 84.0 cm³/mol. The Morgan fingerprint density at radius 2 is 1.76 bits per heavy atom. The highest BCUT2D eigenvalue weighted by Gasteiger charge is 2.05. The van der Waals surface area contributed by atoms with E-state index >= 15 is 0 Å². The molecule has 0 spiro atoms. The number of nitrogens with two attached hydrogens (primary N) is 1. The molecular weight excluding hydrogens is 266 g/mol. The molecule has 1 aromatic carbocycles. The van der Waals surface area contributed by atoms with Gasteiger partial charge in [0.05, 0.1) is 0 Å². The standard InChI is InChI=1S/C16H25N3O2/c1-12-6-8-14(9-7-12)16(21)19-11-10-18-15(20)5-3-4-13(2)17/h6-9,13H,3-5,10-11,17H2,1-2H3,(H,18,20)(H,19,21). The van der Waals surface area contributed by atoms with Gasteiger partial charge >= 0.3 is 0 Å². The van der Waals surface area contributed by atoms with Gasteiger partial charge in [-0.25, -0.2) is 0 Å². The largest absolute Gasteiger partial charge is 0.354 e. The minimum Gasteiger partial charge on any atom is -0.354 e. The Labute approximate surface area is 126 Å². The van der Waals surface area contributed by atoms with E-state index in [0.29, 0.717) is 25.1 Å². The Morgan fingerprint density at radius 3 is 2.38 bits per heavy atom. The summed E-state index contributed by atoms with van der Waals surface area (Å²) < 4.78 is 0. The van der Waals surface area contributed by atoms with Crippen LogP contribution < -0.4 is 16.4 Å². The third kappa shape index (κ3) is 7.46. The molecule has 0 saturated heterocycles. The first-order valence-corrected chi connectivity index (χ1v) is 7.36. The van der Waals surface area contributed by atoms with E-state index in [2.05, 4.69) is 10.6 Å². The highest BCUT2D eigenvalue weighted by Crippen LogP contribution is 2.02. The molecule has 0 bridgehead atoms. The summed E-state index contributed by atoms with van der Waals surface area (Å²) in [5.41, 5.74) is 7.36. The molecule has 4 N–H and O–H groups in total. The second-order valence-electron chi connectivity index (χ2n) is 5.34. The second kappa shape index (κ2) is 9.13. The number of amides is 2. The van der Waals surface area contributed by atoms with E-state index in [4.69, 9.17) is 5.73 Å². The maximum Gasteiger partial charge on any atom is 0.251 e. The van der Waals surface area contributed by atoms with Gasteiger partial charge in [0.1, 0.15) is 0 Å². The molecule has 1 unspecified atom stereocenters. The summed E-state index contributed by atoms with van der Waals surface area (Å²) in [7, 11) is 0. The molecule has 5 heteroatoms. The van der Waals surface area contributed by atoms with Crippen molar-refractivity contribution in [3.8, 4) is 0 Å². The smallest absolute Gasteiger partial charge is 0.251 e. The van der Waals surface area contributed by atoms with Crippen LogP contribution in [0.2, 0.25) is 0 Å². The number of aryl methyl sites for hydroxylation is 1. The molecule has 0 aromatic heterocycles. The van der Waals surface area contributed by atoms with Crippen molar-refractivity contribution < 1.29 is 9.59 Å². The molecule has 0 fully saturated rings. The van der Waals surface area contributed by atoms with Crippen LogP contribution in [0, 0.1) is 6.92 Å². The van der Waals surface area contributed by atoms with Gasteiger partial charge in [0.2, 0.25) is 5.91 Å². The topological polar surface area (TPSA) is 84.2 Å². The highest BCUT2D eigenvalue weighted by molar-refractivity contribution is 5.94. The van der Waals surface area contributed by atoms with Gasteiger partial charge in [-0.2, -0.15) is 0 Å². The third-order valence-electron chi connectivity index (χ3n) is 3.11. The van der Waals surface area contributed by atoms with Crippen molar-refractivity contribution in [2.45, 2.75) is 39.2 Å². The van der Waals surface area contributed by atoms with Gasteiger partial charge in [0.15, 0.2) is 0 Å². The fourth-order valence-electron chi connectivity index (χ4n) is 1.86. The second-order valence-corrected chi connectivity index (χ2v) is 5.34. The lowest BCUT2D eigenvalue weighted by Gasteiger charge is -2.08. The average molecular weight is 291 g/mol. The van der Waals surface area contributed by atoms with Crippen LogP contribution in [0.4, 0.5) is 0 Å². The normalized spacial score (nSPS) is 11.8. The van der Waals surface area contributed by atoms with Gasteiger partial charge in [-0.1, -0.05) is 17.7 Å². The average Bonchev–Trinajstić information content (AvgIpc) is 2.43. The van der Waals surface area contributed by atoms with Crippen molar-refractivity contribution in [2.75, 3.05) is 13.1 Å². The monoisotopic (exact) mass is 291 g/mol. The Kier molecular flexibility index (Phi) is 7.46. The minimum absolute atomic E-state index is 0.000217. The third-order valence-corrected chi connectivity index (χ3v) is 3.11. The van der Waals surface area contributed by atoms with Gasteiger partial charge < -0.3 is 16.4 Å². The summed E-state index contributed by atoms with van der Waals surface area (Å²) in [6.07, 6.45) is 2.12. The fourth-order valence-corrected chi connectivity index (χ4v) is 1.86. The van der Waals surface area contributed by atoms with E-state index in [0.717, 1.165) is 18.4 Å². The van der Waals surface area contributed by atoms with Gasteiger partial charge in [-0.05, 0) is 38.8 Å². The SMILES string of the molecule is Cc1ccc(C(=O)NCCNC(=O)CCCC(C)N)cc1. The number of carbonyl (C=O) groups excluding carboxylic acids is 2. The van der Waals surface area contributed by atoms with Crippen LogP contribution in [0.3, 0.4) is 0 Å². The van der Waals surface area contributed by atoms with Crippen LogP contribution in [-0.2, 0) is 4.79 Å². The molecule has 0 aliphatic heterocycles. The summed E-state index contributed by atoms with van der Waals surface area (Å²) >= 11 is 0. The quantitative estimate of drug-likeness (QED) is 0.632. The molecule has 0 radical (unpaired) electrons. The van der Waals surface area contributed by atoms with E-state index < -0.39 is 0 Å². The zero-order chi connectivity index (χ0) is 15.7. The highest BCUT2D eigenvalue weighted by atomic mass is 16.2. The van der Waals surface area contributed by atoms with E-state index in [9.17, 15) is 9.59 Å². The van der Waals surface area contributed by atoms with Gasteiger partial charge in [-0.3, -0.25) is 9.59 Å². The van der Waals surface area contributed by atoms with E-state index in [1.54, 1.807) is 12.1 Å². The molecule has 2 amide bonds. The van der Waals surface area contributed by atoms with Crippen molar-refractivity contribution in [3.63, 3.8) is 0 Å². The molecule has 0 aliphatic rings. The molecule has 0 saturated carbocycles. The Balaban J connectivity index is 2.14. The molecule has 1 atom stereocenters. The van der Waals surface area contributed by atoms with Crippen LogP contribution in [-0.4, -0.2) is 30.9 Å². The number of rotatable bonds is 8. The zero-order valence-electron chi connectivity index (χ0n) is 12.8. The number of carbonyl (C=O) groups is 2. The molecule has 1 rings (SSSR count). The van der Waals surface area contributed by atoms with Crippen LogP contribution in [0.1, 0.15) is 42.1 Å². The molecule has 21 heavy (non-hydrogen) atoms. The summed E-state index contributed by atoms with van der Waals surface area (Å²) in [5, 5.41) is 5.55. The van der Waals surface area contributed by atoms with E-state index in [1.807, 2.05) is 26.0 Å². The molecule has 0 heterocycles. The molecule has 0 aliphatic carbocycles. The summed E-state index contributed by atoms with van der Waals surface area (Å²) in [6, 6.07) is 7.50. The molecule has 5 nitrogen and oxygen atoms in total. The number of benzene rings is 1. The zero-order valence-corrected chi connectivity index (χ0v) is 12.8. The lowest BCUT2D eigenvalue weighted by atomic mass is 10.1. The van der Waals surface area contributed by atoms with Crippen LogP contribution in [0.25, 0.3) is 0 Å². The van der Waals surface area contributed by atoms with Crippen molar-refractivity contribution in [1.29, 1.82) is 0 Å². The summed E-state index contributed by atoms with van der Waals surface area (Å²) in [6.45, 7) is 4.77. The Morgan fingerprint density at radius 1 is 1.14 bits per heavy atom. The Hall–Kier alpha value is -1.88. The molecule has 116 valence electrons. The maximum atomic E-state index is 11.8. The van der Waals surface area contributed by atoms with Crippen molar-refractivity contribution in [2.24, 2.45) is 5.73 Å². The van der Waals surface area contributed by atoms with E-state index in [1.165, 1.54) is 0 Å². The number of nitrogens with one attached hydrogen (secondary N) is 2. The molecule has 1 aromatic rings. The van der Waals surface area contributed by atoms with Crippen LogP contribution in [0.15, 0.2) is 24.3 Å². The van der Waals surface area contributed by atoms with Crippen molar-refractivity contribution in [1.82, 2.24) is 10.6 Å². The first-order valence-electron chi connectivity index (χ1n) is 7.36. The van der Waals surface area contributed by atoms with E-state index in [-0.39, 0.29) is 17.9 Å². The van der Waals surface area contributed by atoms with Crippen molar-refractivity contribution in [3.05, 3.63) is 35.4 Å². The van der Waals surface area contributed by atoms with Crippen LogP contribution in [0.5, 0.6) is 0 Å².